The minimum Gasteiger partial charge on any atom is -0.326 e. The first kappa shape index (κ1) is 21.0. The van der Waals surface area contributed by atoms with Crippen LogP contribution in [0.2, 0.25) is 0 Å². The summed E-state index contributed by atoms with van der Waals surface area (Å²) in [5, 5.41) is 12.3. The number of fused-ring (bicyclic) bond motifs is 1. The molecule has 1 aliphatic carbocycles. The van der Waals surface area contributed by atoms with Crippen LogP contribution in [0.15, 0.2) is 53.9 Å². The normalized spacial score (nSPS) is 12.4. The van der Waals surface area contributed by atoms with Crippen LogP contribution in [0.25, 0.3) is 16.9 Å². The van der Waals surface area contributed by atoms with E-state index in [0.717, 1.165) is 36.1 Å². The van der Waals surface area contributed by atoms with Crippen LogP contribution in [0.5, 0.6) is 0 Å². The molecule has 5 rings (SSSR count). The number of carbonyl (C=O) groups excluding carboxylic acids is 2. The van der Waals surface area contributed by atoms with Gasteiger partial charge in [0.2, 0.25) is 5.91 Å². The van der Waals surface area contributed by atoms with E-state index in [1.807, 2.05) is 17.5 Å². The van der Waals surface area contributed by atoms with Crippen molar-refractivity contribution < 1.29 is 14.0 Å². The topological polar surface area (TPSA) is 88.9 Å². The molecule has 0 spiro atoms. The summed E-state index contributed by atoms with van der Waals surface area (Å²) >= 11 is 1.31. The maximum absolute atomic E-state index is 14.4. The van der Waals surface area contributed by atoms with Gasteiger partial charge in [-0.15, -0.1) is 11.3 Å². The van der Waals surface area contributed by atoms with Crippen molar-refractivity contribution in [1.82, 2.24) is 14.8 Å². The third-order valence-corrected chi connectivity index (χ3v) is 6.21. The number of para-hydroxylation sites is 1. The summed E-state index contributed by atoms with van der Waals surface area (Å²) < 4.78 is 15.9. The molecule has 0 unspecified atom stereocenters. The molecule has 0 radical (unpaired) electrons. The predicted molar refractivity (Wildman–Crippen MR) is 125 cm³/mol. The number of halogens is 1. The Morgan fingerprint density at radius 3 is 2.61 bits per heavy atom. The van der Waals surface area contributed by atoms with Gasteiger partial charge in [0.05, 0.1) is 5.69 Å². The van der Waals surface area contributed by atoms with Gasteiger partial charge in [-0.05, 0) is 43.5 Å². The number of benzene rings is 2. The molecule has 0 bridgehead atoms. The number of nitrogens with one attached hydrogen (secondary N) is 2. The summed E-state index contributed by atoms with van der Waals surface area (Å²) in [7, 11) is 0. The Bertz CT molecular complexity index is 1360. The number of rotatable bonds is 5. The SMILES string of the molecule is CC(=O)Nc1ccc(-c2csc(NC(=O)c3nn(-c4ccccc4F)c4c3CCC4)n2)cc1. The highest BCUT2D eigenvalue weighted by Gasteiger charge is 2.28. The fraction of sp³-hybridized carbons (Fsp3) is 0.167. The van der Waals surface area contributed by atoms with E-state index in [2.05, 4.69) is 20.7 Å². The standard InChI is InChI=1S/C24H20FN5O2S/c1-14(31)26-16-11-9-15(10-12-16)19-13-33-24(27-19)28-23(32)22-17-5-4-8-20(17)30(29-22)21-7-3-2-6-18(21)25/h2-3,6-7,9-13H,4-5,8H2,1H3,(H,26,31)(H,27,28,32). The number of aromatic nitrogens is 3. The monoisotopic (exact) mass is 461 g/mol. The number of thiazole rings is 1. The zero-order chi connectivity index (χ0) is 22.9. The summed E-state index contributed by atoms with van der Waals surface area (Å²) in [6, 6.07) is 13.7. The lowest BCUT2D eigenvalue weighted by Crippen LogP contribution is -2.15. The van der Waals surface area contributed by atoms with Crippen LogP contribution in [0.3, 0.4) is 0 Å². The molecule has 0 saturated heterocycles. The highest BCUT2D eigenvalue weighted by atomic mass is 32.1. The third-order valence-electron chi connectivity index (χ3n) is 5.45. The van der Waals surface area contributed by atoms with Gasteiger partial charge >= 0.3 is 0 Å². The van der Waals surface area contributed by atoms with Gasteiger partial charge < -0.3 is 5.32 Å². The molecular weight excluding hydrogens is 441 g/mol. The second kappa shape index (κ2) is 8.59. The van der Waals surface area contributed by atoms with Gasteiger partial charge in [-0.25, -0.2) is 14.1 Å². The van der Waals surface area contributed by atoms with Crippen LogP contribution >= 0.6 is 11.3 Å². The molecule has 33 heavy (non-hydrogen) atoms. The van der Waals surface area contributed by atoms with Crippen molar-refractivity contribution in [3.63, 3.8) is 0 Å². The largest absolute Gasteiger partial charge is 0.326 e. The highest BCUT2D eigenvalue weighted by molar-refractivity contribution is 7.14. The Morgan fingerprint density at radius 2 is 1.85 bits per heavy atom. The molecule has 2 N–H and O–H groups in total. The van der Waals surface area contributed by atoms with E-state index in [-0.39, 0.29) is 17.6 Å². The van der Waals surface area contributed by atoms with Gasteiger partial charge in [0.15, 0.2) is 10.8 Å². The summed E-state index contributed by atoms with van der Waals surface area (Å²) in [5.41, 5.74) is 4.67. The van der Waals surface area contributed by atoms with E-state index < -0.39 is 0 Å². The van der Waals surface area contributed by atoms with Crippen LogP contribution < -0.4 is 10.6 Å². The quantitative estimate of drug-likeness (QED) is 0.445. The Labute approximate surface area is 193 Å². The van der Waals surface area contributed by atoms with Crippen molar-refractivity contribution in [3.05, 3.63) is 76.7 Å². The zero-order valence-electron chi connectivity index (χ0n) is 17.8. The number of nitrogens with zero attached hydrogens (tertiary/aromatic N) is 3. The molecule has 0 saturated carbocycles. The summed E-state index contributed by atoms with van der Waals surface area (Å²) in [4.78, 5) is 28.7. The van der Waals surface area contributed by atoms with Crippen molar-refractivity contribution in [2.75, 3.05) is 10.6 Å². The summed E-state index contributed by atoms with van der Waals surface area (Å²) in [5.74, 6) is -0.869. The van der Waals surface area contributed by atoms with Crippen molar-refractivity contribution in [2.24, 2.45) is 0 Å². The molecule has 0 atom stereocenters. The maximum atomic E-state index is 14.4. The van der Waals surface area contributed by atoms with E-state index in [4.69, 9.17) is 0 Å². The van der Waals surface area contributed by atoms with Gasteiger partial charge in [0.1, 0.15) is 11.5 Å². The number of hydrogen-bond donors (Lipinski definition) is 2. The Kier molecular flexibility index (Phi) is 5.47. The number of carbonyl (C=O) groups is 2. The molecule has 0 aliphatic heterocycles. The maximum Gasteiger partial charge on any atom is 0.278 e. The van der Waals surface area contributed by atoms with Crippen molar-refractivity contribution in [3.8, 4) is 16.9 Å². The second-order valence-corrected chi connectivity index (χ2v) is 8.60. The van der Waals surface area contributed by atoms with Crippen molar-refractivity contribution >= 4 is 34.0 Å². The van der Waals surface area contributed by atoms with Gasteiger partial charge in [-0.2, -0.15) is 5.10 Å². The molecule has 4 aromatic rings. The molecule has 1 aliphatic rings. The minimum atomic E-state index is -0.379. The Morgan fingerprint density at radius 1 is 1.06 bits per heavy atom. The lowest BCUT2D eigenvalue weighted by molar-refractivity contribution is -0.114. The first-order chi connectivity index (χ1) is 16.0. The Balaban J connectivity index is 1.37. The third kappa shape index (κ3) is 4.14. The second-order valence-electron chi connectivity index (χ2n) is 7.74. The van der Waals surface area contributed by atoms with Crippen LogP contribution in [0.4, 0.5) is 15.2 Å². The summed E-state index contributed by atoms with van der Waals surface area (Å²) in [6.45, 7) is 1.46. The average Bonchev–Trinajstić information content (AvgIpc) is 3.51. The van der Waals surface area contributed by atoms with E-state index >= 15 is 0 Å². The molecule has 166 valence electrons. The number of amides is 2. The first-order valence-corrected chi connectivity index (χ1v) is 11.4. The average molecular weight is 462 g/mol. The van der Waals surface area contributed by atoms with E-state index in [0.29, 0.717) is 27.9 Å². The van der Waals surface area contributed by atoms with Crippen molar-refractivity contribution in [1.29, 1.82) is 0 Å². The molecule has 0 fully saturated rings. The first-order valence-electron chi connectivity index (χ1n) is 10.5. The van der Waals surface area contributed by atoms with Crippen LogP contribution in [-0.2, 0) is 17.6 Å². The Hall–Kier alpha value is -3.85. The van der Waals surface area contributed by atoms with Crippen LogP contribution in [-0.4, -0.2) is 26.6 Å². The molecule has 2 aromatic carbocycles. The van der Waals surface area contributed by atoms with E-state index in [1.54, 1.807) is 35.0 Å². The minimum absolute atomic E-state index is 0.134. The van der Waals surface area contributed by atoms with Gasteiger partial charge in [-0.3, -0.25) is 14.9 Å². The lowest BCUT2D eigenvalue weighted by atomic mass is 10.1. The molecule has 2 heterocycles. The van der Waals surface area contributed by atoms with Crippen LogP contribution in [0, 0.1) is 5.82 Å². The fourth-order valence-corrected chi connectivity index (χ4v) is 4.70. The van der Waals surface area contributed by atoms with Gasteiger partial charge in [-0.1, -0.05) is 24.3 Å². The molecular formula is C24H20FN5O2S. The van der Waals surface area contributed by atoms with Crippen LogP contribution in [0.1, 0.15) is 35.1 Å². The molecule has 7 nitrogen and oxygen atoms in total. The fourth-order valence-electron chi connectivity index (χ4n) is 3.99. The predicted octanol–water partition coefficient (Wildman–Crippen LogP) is 4.83. The van der Waals surface area contributed by atoms with E-state index in [1.165, 1.54) is 24.3 Å². The van der Waals surface area contributed by atoms with E-state index in [9.17, 15) is 14.0 Å². The zero-order valence-corrected chi connectivity index (χ0v) is 18.6. The number of hydrogen-bond acceptors (Lipinski definition) is 5. The van der Waals surface area contributed by atoms with Gasteiger partial charge in [0, 0.05) is 34.8 Å². The molecule has 2 amide bonds. The smallest absolute Gasteiger partial charge is 0.278 e. The van der Waals surface area contributed by atoms with Gasteiger partial charge in [0.25, 0.3) is 5.91 Å². The number of anilines is 2. The summed E-state index contributed by atoms with van der Waals surface area (Å²) in [6.07, 6.45) is 2.38. The molecule has 9 heteroatoms. The molecule has 2 aromatic heterocycles. The lowest BCUT2D eigenvalue weighted by Gasteiger charge is -2.06. The van der Waals surface area contributed by atoms with Crippen molar-refractivity contribution in [2.45, 2.75) is 26.2 Å². The highest BCUT2D eigenvalue weighted by Crippen LogP contribution is 2.30.